The highest BCUT2D eigenvalue weighted by molar-refractivity contribution is 7.86. The summed E-state index contributed by atoms with van der Waals surface area (Å²) in [5.41, 5.74) is 2.57. The Morgan fingerprint density at radius 2 is 1.67 bits per heavy atom. The highest BCUT2D eigenvalue weighted by Gasteiger charge is 2.05. The molecule has 0 radical (unpaired) electrons. The minimum absolute atomic E-state index is 0.260. The normalized spacial score (nSPS) is 11.0. The van der Waals surface area contributed by atoms with E-state index in [2.05, 4.69) is 15.3 Å². The molecule has 24 heavy (non-hydrogen) atoms. The third-order valence-corrected chi connectivity index (χ3v) is 3.61. The molecule has 122 valence electrons. The molecule has 0 spiro atoms. The molecular weight excluding hydrogens is 326 g/mol. The molecule has 0 saturated heterocycles. The minimum Gasteiger partial charge on any atom is -0.383 e. The van der Waals surface area contributed by atoms with Gasteiger partial charge in [0, 0.05) is 17.3 Å². The van der Waals surface area contributed by atoms with Crippen molar-refractivity contribution in [1.82, 2.24) is 9.97 Å². The molecule has 0 fully saturated rings. The van der Waals surface area contributed by atoms with Gasteiger partial charge in [-0.25, -0.2) is 9.97 Å². The number of aromatic nitrogens is 2. The number of nitrogens with one attached hydrogen (secondary N) is 1. The van der Waals surface area contributed by atoms with Crippen LogP contribution in [-0.4, -0.2) is 24.6 Å². The lowest BCUT2D eigenvalue weighted by molar-refractivity contribution is 0.493. The Morgan fingerprint density at radius 3 is 2.33 bits per heavy atom. The number of nitrogens with zero attached hydrogens (tertiary/aromatic N) is 2. The summed E-state index contributed by atoms with van der Waals surface area (Å²) >= 11 is 0. The fourth-order valence-electron chi connectivity index (χ4n) is 2.11. The van der Waals surface area contributed by atoms with Crippen LogP contribution in [0.1, 0.15) is 0 Å². The molecule has 6 nitrogen and oxygen atoms in total. The first-order chi connectivity index (χ1) is 11.5. The number of rotatable bonds is 5. The van der Waals surface area contributed by atoms with Crippen LogP contribution in [0.15, 0.2) is 67.0 Å². The van der Waals surface area contributed by atoms with E-state index in [-0.39, 0.29) is 5.75 Å². The average Bonchev–Trinajstić information content (AvgIpc) is 2.56. The van der Waals surface area contributed by atoms with Gasteiger partial charge in [0.05, 0.1) is 11.9 Å². The first kappa shape index (κ1) is 15.9. The first-order valence-corrected chi connectivity index (χ1v) is 8.95. The van der Waals surface area contributed by atoms with E-state index in [1.54, 1.807) is 24.3 Å². The van der Waals surface area contributed by atoms with Gasteiger partial charge in [-0.1, -0.05) is 30.3 Å². The van der Waals surface area contributed by atoms with Crippen molar-refractivity contribution in [2.24, 2.45) is 0 Å². The number of hydrogen-bond donors (Lipinski definition) is 1. The lowest BCUT2D eigenvalue weighted by Crippen LogP contribution is -2.05. The summed E-state index contributed by atoms with van der Waals surface area (Å²) in [5, 5.41) is 3.15. The van der Waals surface area contributed by atoms with Crippen molar-refractivity contribution in [3.05, 3.63) is 67.0 Å². The Balaban J connectivity index is 1.77. The monoisotopic (exact) mass is 341 g/mol. The summed E-state index contributed by atoms with van der Waals surface area (Å²) in [6.45, 7) is 0. The zero-order valence-corrected chi connectivity index (χ0v) is 13.7. The number of hydrogen-bond acceptors (Lipinski definition) is 6. The van der Waals surface area contributed by atoms with Gasteiger partial charge in [0.1, 0.15) is 17.9 Å². The fraction of sp³-hybridized carbons (Fsp3) is 0.0588. The van der Waals surface area contributed by atoms with Crippen LogP contribution in [0, 0.1) is 0 Å². The maximum absolute atomic E-state index is 11.1. The maximum Gasteiger partial charge on any atom is 0.306 e. The highest BCUT2D eigenvalue weighted by atomic mass is 32.2. The summed E-state index contributed by atoms with van der Waals surface area (Å²) < 4.78 is 27.0. The van der Waals surface area contributed by atoms with Crippen LogP contribution in [0.25, 0.3) is 11.3 Å². The SMILES string of the molecule is CS(=O)(=O)Oc1ccc(Nc2cc(-c3ccccc3)ncn2)cc1. The molecule has 1 N–H and O–H groups in total. The predicted molar refractivity (Wildman–Crippen MR) is 92.7 cm³/mol. The zero-order chi connectivity index (χ0) is 17.0. The molecule has 0 unspecified atom stereocenters. The van der Waals surface area contributed by atoms with Gasteiger partial charge in [-0.15, -0.1) is 0 Å². The van der Waals surface area contributed by atoms with E-state index < -0.39 is 10.1 Å². The number of benzene rings is 2. The second-order valence-corrected chi connectivity index (χ2v) is 6.67. The van der Waals surface area contributed by atoms with Crippen LogP contribution in [-0.2, 0) is 10.1 Å². The quantitative estimate of drug-likeness (QED) is 0.718. The maximum atomic E-state index is 11.1. The molecule has 3 rings (SSSR count). The molecule has 0 amide bonds. The molecule has 0 atom stereocenters. The van der Waals surface area contributed by atoms with Crippen LogP contribution in [0.4, 0.5) is 11.5 Å². The van der Waals surface area contributed by atoms with E-state index in [9.17, 15) is 8.42 Å². The van der Waals surface area contributed by atoms with Crippen molar-refractivity contribution >= 4 is 21.6 Å². The van der Waals surface area contributed by atoms with Gasteiger partial charge < -0.3 is 9.50 Å². The lowest BCUT2D eigenvalue weighted by atomic mass is 10.1. The molecule has 3 aromatic rings. The van der Waals surface area contributed by atoms with Crippen molar-refractivity contribution < 1.29 is 12.6 Å². The molecular formula is C17H15N3O3S. The molecule has 1 aromatic heterocycles. The van der Waals surface area contributed by atoms with E-state index in [0.29, 0.717) is 5.82 Å². The summed E-state index contributed by atoms with van der Waals surface area (Å²) in [6.07, 6.45) is 2.50. The highest BCUT2D eigenvalue weighted by Crippen LogP contribution is 2.22. The van der Waals surface area contributed by atoms with E-state index in [4.69, 9.17) is 4.18 Å². The van der Waals surface area contributed by atoms with Gasteiger partial charge in [0.25, 0.3) is 0 Å². The average molecular weight is 341 g/mol. The Kier molecular flexibility index (Phi) is 4.43. The van der Waals surface area contributed by atoms with Crippen molar-refractivity contribution in [3.8, 4) is 17.0 Å². The summed E-state index contributed by atoms with van der Waals surface area (Å²) in [4.78, 5) is 8.46. The molecule has 2 aromatic carbocycles. The van der Waals surface area contributed by atoms with Crippen LogP contribution in [0.2, 0.25) is 0 Å². The second-order valence-electron chi connectivity index (χ2n) is 5.09. The summed E-state index contributed by atoms with van der Waals surface area (Å²) in [5.74, 6) is 0.899. The molecule has 0 aliphatic rings. The van der Waals surface area contributed by atoms with Gasteiger partial charge in [-0.2, -0.15) is 8.42 Å². The van der Waals surface area contributed by atoms with Crippen LogP contribution >= 0.6 is 0 Å². The third-order valence-electron chi connectivity index (χ3n) is 3.11. The molecule has 7 heteroatoms. The molecule has 0 aliphatic carbocycles. The standard InChI is InChI=1S/C17H15N3O3S/c1-24(21,22)23-15-9-7-14(8-10-15)20-17-11-16(18-12-19-17)13-5-3-2-4-6-13/h2-12H,1H3,(H,18,19,20). The van der Waals surface area contributed by atoms with Crippen molar-refractivity contribution in [2.45, 2.75) is 0 Å². The third kappa shape index (κ3) is 4.30. The lowest BCUT2D eigenvalue weighted by Gasteiger charge is -2.08. The molecule has 1 heterocycles. The van der Waals surface area contributed by atoms with E-state index in [1.807, 2.05) is 36.4 Å². The van der Waals surface area contributed by atoms with Crippen LogP contribution < -0.4 is 9.50 Å². The second kappa shape index (κ2) is 6.67. The largest absolute Gasteiger partial charge is 0.383 e. The van der Waals surface area contributed by atoms with Crippen molar-refractivity contribution in [3.63, 3.8) is 0 Å². The predicted octanol–water partition coefficient (Wildman–Crippen LogP) is 3.23. The van der Waals surface area contributed by atoms with Gasteiger partial charge in [-0.05, 0) is 24.3 Å². The van der Waals surface area contributed by atoms with E-state index in [1.165, 1.54) is 6.33 Å². The minimum atomic E-state index is -3.53. The van der Waals surface area contributed by atoms with Crippen LogP contribution in [0.5, 0.6) is 5.75 Å². The Labute approximate surface area is 140 Å². The smallest absolute Gasteiger partial charge is 0.306 e. The van der Waals surface area contributed by atoms with Crippen molar-refractivity contribution in [2.75, 3.05) is 11.6 Å². The van der Waals surface area contributed by atoms with Gasteiger partial charge in [0.15, 0.2) is 0 Å². The summed E-state index contributed by atoms with van der Waals surface area (Å²) in [6, 6.07) is 18.2. The van der Waals surface area contributed by atoms with Crippen LogP contribution in [0.3, 0.4) is 0 Å². The fourth-order valence-corrected chi connectivity index (χ4v) is 2.57. The Bertz CT molecular complexity index is 927. The Morgan fingerprint density at radius 1 is 0.958 bits per heavy atom. The van der Waals surface area contributed by atoms with Crippen molar-refractivity contribution in [1.29, 1.82) is 0 Å². The Hall–Kier alpha value is -2.93. The number of anilines is 2. The van der Waals surface area contributed by atoms with Gasteiger partial charge in [0.2, 0.25) is 0 Å². The molecule has 0 bridgehead atoms. The topological polar surface area (TPSA) is 81.2 Å². The van der Waals surface area contributed by atoms with E-state index >= 15 is 0 Å². The van der Waals surface area contributed by atoms with E-state index in [0.717, 1.165) is 23.2 Å². The van der Waals surface area contributed by atoms with Gasteiger partial charge >= 0.3 is 10.1 Å². The molecule has 0 saturated carbocycles. The first-order valence-electron chi connectivity index (χ1n) is 7.14. The summed E-state index contributed by atoms with van der Waals surface area (Å²) in [7, 11) is -3.53. The molecule has 0 aliphatic heterocycles. The zero-order valence-electron chi connectivity index (χ0n) is 12.9. The van der Waals surface area contributed by atoms with Gasteiger partial charge in [-0.3, -0.25) is 0 Å².